The van der Waals surface area contributed by atoms with Crippen molar-refractivity contribution in [2.75, 3.05) is 32.6 Å². The third-order valence-corrected chi connectivity index (χ3v) is 7.69. The predicted molar refractivity (Wildman–Crippen MR) is 138 cm³/mol. The normalized spacial score (nSPS) is 13.0. The minimum absolute atomic E-state index is 0.0465. The standard InChI is InChI=1S/C22H29N3O5S.C2H6.CH4O/c1-5-25(6-2)31(28,29)15-11-12-19(30-4)17(13-15)24-22(27)21-16-9-7-8-10-18(26)20(16)14(3)23-21;2*1-2/h11-13,23H,5-10H2,1-4H3,(H,24,27);1-2H3;2H,1H3. The molecule has 1 aliphatic carbocycles. The number of aliphatic hydroxyl groups excluding tert-OH is 1. The topological polar surface area (TPSA) is 129 Å². The first-order valence-corrected chi connectivity index (χ1v) is 13.4. The number of benzene rings is 1. The number of aryl methyl sites for hydroxylation is 1. The van der Waals surface area contributed by atoms with Crippen LogP contribution in [0.2, 0.25) is 0 Å². The van der Waals surface area contributed by atoms with Gasteiger partial charge in [-0.25, -0.2) is 8.42 Å². The highest BCUT2D eigenvalue weighted by Crippen LogP contribution is 2.31. The molecule has 0 atom stereocenters. The number of aliphatic hydroxyl groups is 1. The van der Waals surface area contributed by atoms with Gasteiger partial charge in [-0.3, -0.25) is 9.59 Å². The zero-order chi connectivity index (χ0) is 26.8. The number of aromatic amines is 1. The molecule has 0 saturated heterocycles. The van der Waals surface area contributed by atoms with E-state index in [9.17, 15) is 18.0 Å². The van der Waals surface area contributed by atoms with Crippen LogP contribution in [-0.2, 0) is 16.4 Å². The summed E-state index contributed by atoms with van der Waals surface area (Å²) in [6.45, 7) is 10.0. The Morgan fingerprint density at radius 2 is 1.74 bits per heavy atom. The zero-order valence-electron chi connectivity index (χ0n) is 21.8. The van der Waals surface area contributed by atoms with Crippen LogP contribution < -0.4 is 10.1 Å². The second-order valence-electron chi connectivity index (χ2n) is 7.51. The molecule has 1 aliphatic rings. The second-order valence-corrected chi connectivity index (χ2v) is 9.45. The van der Waals surface area contributed by atoms with Gasteiger partial charge >= 0.3 is 0 Å². The van der Waals surface area contributed by atoms with Gasteiger partial charge in [0.1, 0.15) is 11.4 Å². The number of hydrogen-bond donors (Lipinski definition) is 3. The van der Waals surface area contributed by atoms with Gasteiger partial charge in [-0.15, -0.1) is 0 Å². The molecule has 2 aromatic rings. The number of fused-ring (bicyclic) bond motifs is 1. The Balaban J connectivity index is 0.00000145. The molecule has 1 heterocycles. The van der Waals surface area contributed by atoms with E-state index in [-0.39, 0.29) is 16.4 Å². The number of H-pyrrole nitrogens is 1. The van der Waals surface area contributed by atoms with E-state index >= 15 is 0 Å². The van der Waals surface area contributed by atoms with E-state index in [2.05, 4.69) is 10.3 Å². The number of ketones is 1. The summed E-state index contributed by atoms with van der Waals surface area (Å²) in [5.41, 5.74) is 2.59. The largest absolute Gasteiger partial charge is 0.495 e. The fourth-order valence-electron chi connectivity index (χ4n) is 4.05. The van der Waals surface area contributed by atoms with Gasteiger partial charge in [-0.05, 0) is 49.9 Å². The van der Waals surface area contributed by atoms with E-state index in [1.165, 1.54) is 29.6 Å². The van der Waals surface area contributed by atoms with Crippen molar-refractivity contribution >= 4 is 27.4 Å². The molecule has 3 N–H and O–H groups in total. The number of carbonyl (C=O) groups is 2. The summed E-state index contributed by atoms with van der Waals surface area (Å²) in [6.07, 6.45) is 2.75. The number of carbonyl (C=O) groups excluding carboxylic acids is 2. The van der Waals surface area contributed by atoms with Crippen molar-refractivity contribution < 1.29 is 27.9 Å². The fourth-order valence-corrected chi connectivity index (χ4v) is 5.54. The quantitative estimate of drug-likeness (QED) is 0.481. The molecule has 0 aliphatic heterocycles. The molecule has 0 radical (unpaired) electrons. The highest BCUT2D eigenvalue weighted by Gasteiger charge is 2.27. The first-order chi connectivity index (χ1) is 16.7. The number of rotatable bonds is 7. The van der Waals surface area contributed by atoms with Crippen molar-refractivity contribution in [2.24, 2.45) is 0 Å². The van der Waals surface area contributed by atoms with E-state index in [1.54, 1.807) is 20.8 Å². The molecule has 3 rings (SSSR count). The molecule has 0 spiro atoms. The van der Waals surface area contributed by atoms with Gasteiger partial charge in [0.05, 0.1) is 17.7 Å². The number of anilines is 1. The average molecular weight is 510 g/mol. The lowest BCUT2D eigenvalue weighted by molar-refractivity contribution is 0.0980. The van der Waals surface area contributed by atoms with E-state index in [0.29, 0.717) is 48.6 Å². The Bertz CT molecular complexity index is 1100. The van der Waals surface area contributed by atoms with E-state index in [4.69, 9.17) is 9.84 Å². The summed E-state index contributed by atoms with van der Waals surface area (Å²) in [7, 11) is -1.25. The van der Waals surface area contributed by atoms with Crippen LogP contribution in [0.3, 0.4) is 0 Å². The zero-order valence-corrected chi connectivity index (χ0v) is 22.6. The van der Waals surface area contributed by atoms with Crippen LogP contribution in [0.15, 0.2) is 23.1 Å². The van der Waals surface area contributed by atoms with Crippen LogP contribution >= 0.6 is 0 Å². The van der Waals surface area contributed by atoms with Gasteiger partial charge in [0.2, 0.25) is 10.0 Å². The average Bonchev–Trinajstić information content (AvgIpc) is 3.08. The van der Waals surface area contributed by atoms with Crippen LogP contribution in [0.1, 0.15) is 79.1 Å². The Kier molecular flexibility index (Phi) is 12.1. The fraction of sp³-hybridized carbons (Fsp3) is 0.520. The van der Waals surface area contributed by atoms with Crippen molar-refractivity contribution in [3.05, 3.63) is 40.7 Å². The molecule has 0 bridgehead atoms. The van der Waals surface area contributed by atoms with Crippen LogP contribution in [0.25, 0.3) is 0 Å². The molecule has 196 valence electrons. The smallest absolute Gasteiger partial charge is 0.272 e. The third kappa shape index (κ3) is 6.71. The monoisotopic (exact) mass is 509 g/mol. The molecule has 9 nitrogen and oxygen atoms in total. The van der Waals surface area contributed by atoms with E-state index < -0.39 is 15.9 Å². The molecular weight excluding hydrogens is 470 g/mol. The number of amides is 1. The van der Waals surface area contributed by atoms with Crippen molar-refractivity contribution in [1.82, 2.24) is 9.29 Å². The number of sulfonamides is 1. The molecule has 0 fully saturated rings. The summed E-state index contributed by atoms with van der Waals surface area (Å²) in [6, 6.07) is 4.39. The predicted octanol–water partition coefficient (Wildman–Crippen LogP) is 4.16. The molecular formula is C25H39N3O6S. The highest BCUT2D eigenvalue weighted by molar-refractivity contribution is 7.89. The molecule has 10 heteroatoms. The summed E-state index contributed by atoms with van der Waals surface area (Å²) in [5, 5.41) is 9.77. The maximum absolute atomic E-state index is 13.1. The van der Waals surface area contributed by atoms with Crippen molar-refractivity contribution in [1.29, 1.82) is 0 Å². The minimum Gasteiger partial charge on any atom is -0.495 e. The van der Waals surface area contributed by atoms with Gasteiger partial charge in [0, 0.05) is 37.9 Å². The summed E-state index contributed by atoms with van der Waals surface area (Å²) >= 11 is 0. The minimum atomic E-state index is -3.70. The molecule has 35 heavy (non-hydrogen) atoms. The second kappa shape index (κ2) is 14.0. The lowest BCUT2D eigenvalue weighted by Crippen LogP contribution is -2.30. The number of Topliss-reactive ketones (excluding diaryl/α,β-unsaturated/α-hetero) is 1. The van der Waals surface area contributed by atoms with Crippen molar-refractivity contribution in [3.63, 3.8) is 0 Å². The first kappa shape index (κ1) is 30.3. The number of hydrogen-bond acceptors (Lipinski definition) is 6. The highest BCUT2D eigenvalue weighted by atomic mass is 32.2. The number of methoxy groups -OCH3 is 1. The molecule has 0 saturated carbocycles. The van der Waals surface area contributed by atoms with Crippen LogP contribution in [0, 0.1) is 6.92 Å². The maximum Gasteiger partial charge on any atom is 0.272 e. The van der Waals surface area contributed by atoms with Gasteiger partial charge in [-0.1, -0.05) is 27.7 Å². The lowest BCUT2D eigenvalue weighted by atomic mass is 10.0. The SMILES string of the molecule is CC.CCN(CC)S(=O)(=O)c1ccc(OC)c(NC(=O)c2[nH]c(C)c3c2CCCCC3=O)c1.CO. The van der Waals surface area contributed by atoms with Crippen LogP contribution in [0.5, 0.6) is 5.75 Å². The third-order valence-electron chi connectivity index (χ3n) is 5.64. The molecule has 0 unspecified atom stereocenters. The number of aromatic nitrogens is 1. The molecule has 1 amide bonds. The Morgan fingerprint density at radius 3 is 2.31 bits per heavy atom. The van der Waals surface area contributed by atoms with Crippen LogP contribution in [0.4, 0.5) is 5.69 Å². The summed E-state index contributed by atoms with van der Waals surface area (Å²) < 4.78 is 32.5. The van der Waals surface area contributed by atoms with Crippen LogP contribution in [-0.4, -0.2) is 61.8 Å². The van der Waals surface area contributed by atoms with Crippen molar-refractivity contribution in [3.8, 4) is 5.75 Å². The van der Waals surface area contributed by atoms with E-state index in [0.717, 1.165) is 25.5 Å². The number of nitrogens with one attached hydrogen (secondary N) is 2. The van der Waals surface area contributed by atoms with E-state index in [1.807, 2.05) is 13.8 Å². The lowest BCUT2D eigenvalue weighted by Gasteiger charge is -2.19. The van der Waals surface area contributed by atoms with Gasteiger partial charge in [0.25, 0.3) is 5.91 Å². The maximum atomic E-state index is 13.1. The summed E-state index contributed by atoms with van der Waals surface area (Å²) in [5.74, 6) is -0.0442. The van der Waals surface area contributed by atoms with Crippen molar-refractivity contribution in [2.45, 2.75) is 65.2 Å². The van der Waals surface area contributed by atoms with Gasteiger partial charge < -0.3 is 20.1 Å². The number of ether oxygens (including phenoxy) is 1. The Morgan fingerprint density at radius 1 is 1.14 bits per heavy atom. The first-order valence-electron chi connectivity index (χ1n) is 11.9. The molecule has 1 aromatic heterocycles. The Hall–Kier alpha value is -2.69. The molecule has 1 aromatic carbocycles. The number of nitrogens with zero attached hydrogens (tertiary/aromatic N) is 1. The summed E-state index contributed by atoms with van der Waals surface area (Å²) in [4.78, 5) is 28.7. The van der Waals surface area contributed by atoms with Gasteiger partial charge in [-0.2, -0.15) is 4.31 Å². The van der Waals surface area contributed by atoms with Gasteiger partial charge in [0.15, 0.2) is 5.78 Å². The Labute approximate surface area is 208 Å².